The smallest absolute Gasteiger partial charge is 0.250 e. The molecule has 0 unspecified atom stereocenters. The van der Waals surface area contributed by atoms with Gasteiger partial charge in [-0.15, -0.1) is 0 Å². The van der Waals surface area contributed by atoms with Crippen molar-refractivity contribution >= 4 is 22.9 Å². The van der Waals surface area contributed by atoms with Gasteiger partial charge in [0.15, 0.2) is 0 Å². The second-order valence-electron chi connectivity index (χ2n) is 4.49. The molecule has 0 radical (unpaired) electrons. The monoisotopic (exact) mass is 252 g/mol. The van der Waals surface area contributed by atoms with Crippen LogP contribution in [0.1, 0.15) is 15.9 Å². The number of aryl methyl sites for hydroxylation is 1. The van der Waals surface area contributed by atoms with Gasteiger partial charge in [0, 0.05) is 0 Å². The Bertz CT molecular complexity index is 713. The zero-order valence-corrected chi connectivity index (χ0v) is 10.5. The maximum Gasteiger partial charge on any atom is 0.361 e. The predicted molar refractivity (Wildman–Crippen MR) is 74.0 cm³/mol. The number of imidazole rings is 1. The Labute approximate surface area is 110 Å². The van der Waals surface area contributed by atoms with Gasteiger partial charge in [0.2, 0.25) is 0 Å². The normalized spacial score (nSPS) is 10.6. The molecule has 0 saturated carbocycles. The number of rotatable bonds is 2. The van der Waals surface area contributed by atoms with Crippen LogP contribution in [0.25, 0.3) is 11.0 Å². The fourth-order valence-corrected chi connectivity index (χ4v) is 2.04. The number of benzene rings is 2. The van der Waals surface area contributed by atoms with Crippen molar-refractivity contribution in [2.24, 2.45) is 0 Å². The van der Waals surface area contributed by atoms with Gasteiger partial charge in [-0.3, -0.25) is 4.79 Å². The molecule has 0 aliphatic heterocycles. The Morgan fingerprint density at radius 3 is 2.79 bits per heavy atom. The summed E-state index contributed by atoms with van der Waals surface area (Å²) in [5, 5.41) is 2.82. The SMILES string of the molecule is Cc1cccc(C(=O)Nc2[nH]c3ccccc3[nH+]2)c1. The molecule has 0 spiro atoms. The van der Waals surface area contributed by atoms with Gasteiger partial charge in [-0.25, -0.2) is 15.3 Å². The second-order valence-corrected chi connectivity index (χ2v) is 4.49. The number of para-hydroxylation sites is 2. The van der Waals surface area contributed by atoms with Crippen LogP contribution in [0.5, 0.6) is 0 Å². The van der Waals surface area contributed by atoms with Gasteiger partial charge in [-0.05, 0) is 31.2 Å². The van der Waals surface area contributed by atoms with E-state index in [1.807, 2.05) is 49.4 Å². The molecule has 94 valence electrons. The Morgan fingerprint density at radius 2 is 2.00 bits per heavy atom. The molecular formula is C15H14N3O+. The van der Waals surface area contributed by atoms with E-state index in [2.05, 4.69) is 15.3 Å². The molecule has 1 aromatic heterocycles. The molecule has 3 aromatic rings. The lowest BCUT2D eigenvalue weighted by Crippen LogP contribution is -2.18. The number of anilines is 1. The maximum atomic E-state index is 12.1. The molecular weight excluding hydrogens is 238 g/mol. The topological polar surface area (TPSA) is 59.0 Å². The number of carbonyl (C=O) groups excluding carboxylic acids is 1. The Hall–Kier alpha value is -2.62. The summed E-state index contributed by atoms with van der Waals surface area (Å²) in [6, 6.07) is 15.3. The van der Waals surface area contributed by atoms with Crippen LogP contribution >= 0.6 is 0 Å². The third-order valence-corrected chi connectivity index (χ3v) is 2.97. The van der Waals surface area contributed by atoms with Crippen LogP contribution in [-0.2, 0) is 0 Å². The van der Waals surface area contributed by atoms with Gasteiger partial charge >= 0.3 is 11.9 Å². The van der Waals surface area contributed by atoms with E-state index in [1.165, 1.54) is 0 Å². The summed E-state index contributed by atoms with van der Waals surface area (Å²) in [5.41, 5.74) is 3.63. The zero-order valence-electron chi connectivity index (χ0n) is 10.5. The number of nitrogens with one attached hydrogen (secondary N) is 3. The lowest BCUT2D eigenvalue weighted by atomic mass is 10.1. The van der Waals surface area contributed by atoms with Crippen molar-refractivity contribution in [3.63, 3.8) is 0 Å². The molecule has 19 heavy (non-hydrogen) atoms. The van der Waals surface area contributed by atoms with Gasteiger partial charge in [0.05, 0.1) is 5.56 Å². The van der Waals surface area contributed by atoms with Gasteiger partial charge in [-0.2, -0.15) is 0 Å². The van der Waals surface area contributed by atoms with Crippen LogP contribution in [0.2, 0.25) is 0 Å². The van der Waals surface area contributed by atoms with E-state index in [0.717, 1.165) is 16.6 Å². The van der Waals surface area contributed by atoms with Crippen LogP contribution in [0.15, 0.2) is 48.5 Å². The second kappa shape index (κ2) is 4.57. The minimum absolute atomic E-state index is 0.133. The van der Waals surface area contributed by atoms with E-state index in [4.69, 9.17) is 0 Å². The molecule has 0 aliphatic carbocycles. The lowest BCUT2D eigenvalue weighted by molar-refractivity contribution is -0.326. The molecule has 3 N–H and O–H groups in total. The first kappa shape index (κ1) is 11.5. The summed E-state index contributed by atoms with van der Waals surface area (Å²) in [5.74, 6) is 0.458. The standard InChI is InChI=1S/C15H13N3O/c1-10-5-4-6-11(9-10)14(19)18-15-16-12-7-2-3-8-13(12)17-15/h2-9H,1H3,(H2,16,17,18,19)/p+1. The zero-order chi connectivity index (χ0) is 13.2. The number of aromatic nitrogens is 2. The average molecular weight is 252 g/mol. The number of hydrogen-bond acceptors (Lipinski definition) is 1. The average Bonchev–Trinajstić information content (AvgIpc) is 2.80. The molecule has 3 rings (SSSR count). The molecule has 2 aromatic carbocycles. The maximum absolute atomic E-state index is 12.1. The molecule has 0 atom stereocenters. The van der Waals surface area contributed by atoms with Crippen molar-refractivity contribution in [3.05, 3.63) is 59.7 Å². The Balaban J connectivity index is 1.86. The summed E-state index contributed by atoms with van der Waals surface area (Å²) in [7, 11) is 0. The Morgan fingerprint density at radius 1 is 1.16 bits per heavy atom. The summed E-state index contributed by atoms with van der Waals surface area (Å²) >= 11 is 0. The third kappa shape index (κ3) is 2.33. The van der Waals surface area contributed by atoms with Crippen LogP contribution in [0.4, 0.5) is 5.95 Å². The number of carbonyl (C=O) groups is 1. The fraction of sp³-hybridized carbons (Fsp3) is 0.0667. The van der Waals surface area contributed by atoms with Crippen molar-refractivity contribution in [1.29, 1.82) is 0 Å². The van der Waals surface area contributed by atoms with Gasteiger partial charge in [-0.1, -0.05) is 29.8 Å². The first-order chi connectivity index (χ1) is 9.22. The highest BCUT2D eigenvalue weighted by Crippen LogP contribution is 2.10. The van der Waals surface area contributed by atoms with Crippen LogP contribution in [-0.4, -0.2) is 10.9 Å². The lowest BCUT2D eigenvalue weighted by Gasteiger charge is -1.98. The van der Waals surface area contributed by atoms with Gasteiger partial charge in [0.1, 0.15) is 11.0 Å². The summed E-state index contributed by atoms with van der Waals surface area (Å²) in [4.78, 5) is 18.3. The molecule has 1 heterocycles. The van der Waals surface area contributed by atoms with E-state index in [9.17, 15) is 4.79 Å². The van der Waals surface area contributed by atoms with E-state index in [0.29, 0.717) is 11.5 Å². The van der Waals surface area contributed by atoms with Crippen LogP contribution < -0.4 is 10.3 Å². The number of aromatic amines is 2. The largest absolute Gasteiger partial charge is 0.361 e. The predicted octanol–water partition coefficient (Wildman–Crippen LogP) is 2.54. The molecule has 1 amide bonds. The van der Waals surface area contributed by atoms with Gasteiger partial charge < -0.3 is 0 Å². The van der Waals surface area contributed by atoms with Gasteiger partial charge in [0.25, 0.3) is 0 Å². The fourth-order valence-electron chi connectivity index (χ4n) is 2.04. The van der Waals surface area contributed by atoms with Crippen LogP contribution in [0, 0.1) is 6.92 Å². The summed E-state index contributed by atoms with van der Waals surface area (Å²) in [6.07, 6.45) is 0. The minimum atomic E-state index is -0.133. The quantitative estimate of drug-likeness (QED) is 0.723. The van der Waals surface area contributed by atoms with E-state index in [1.54, 1.807) is 6.07 Å². The highest BCUT2D eigenvalue weighted by Gasteiger charge is 2.14. The molecule has 0 aliphatic rings. The van der Waals surface area contributed by atoms with Crippen molar-refractivity contribution in [1.82, 2.24) is 4.98 Å². The highest BCUT2D eigenvalue weighted by atomic mass is 16.1. The summed E-state index contributed by atoms with van der Waals surface area (Å²) in [6.45, 7) is 1.96. The molecule has 0 fully saturated rings. The number of amides is 1. The Kier molecular flexibility index (Phi) is 2.76. The third-order valence-electron chi connectivity index (χ3n) is 2.97. The molecule has 4 nitrogen and oxygen atoms in total. The minimum Gasteiger partial charge on any atom is -0.250 e. The highest BCUT2D eigenvalue weighted by molar-refractivity contribution is 6.03. The van der Waals surface area contributed by atoms with Crippen molar-refractivity contribution < 1.29 is 9.78 Å². The number of fused-ring (bicyclic) bond motifs is 1. The van der Waals surface area contributed by atoms with E-state index >= 15 is 0 Å². The van der Waals surface area contributed by atoms with Crippen LogP contribution in [0.3, 0.4) is 0 Å². The first-order valence-corrected chi connectivity index (χ1v) is 6.10. The number of H-pyrrole nitrogens is 2. The molecule has 4 heteroatoms. The van der Waals surface area contributed by atoms with Crippen molar-refractivity contribution in [2.45, 2.75) is 6.92 Å². The van der Waals surface area contributed by atoms with Crippen molar-refractivity contribution in [3.8, 4) is 0 Å². The van der Waals surface area contributed by atoms with Crippen molar-refractivity contribution in [2.75, 3.05) is 5.32 Å². The summed E-state index contributed by atoms with van der Waals surface area (Å²) < 4.78 is 0. The molecule has 0 saturated heterocycles. The number of hydrogen-bond donors (Lipinski definition) is 2. The molecule has 0 bridgehead atoms. The van der Waals surface area contributed by atoms with E-state index < -0.39 is 0 Å². The van der Waals surface area contributed by atoms with E-state index in [-0.39, 0.29) is 5.91 Å². The first-order valence-electron chi connectivity index (χ1n) is 6.10.